The van der Waals surface area contributed by atoms with Gasteiger partial charge in [0.25, 0.3) is 0 Å². The summed E-state index contributed by atoms with van der Waals surface area (Å²) in [6, 6.07) is 7.59. The number of fused-ring (bicyclic) bond motifs is 1. The fourth-order valence-corrected chi connectivity index (χ4v) is 1.70. The van der Waals surface area contributed by atoms with E-state index in [-0.39, 0.29) is 0 Å². The molecule has 16 heavy (non-hydrogen) atoms. The normalized spacial score (nSPS) is 12.6. The molecule has 0 radical (unpaired) electrons. The van der Waals surface area contributed by atoms with Crippen molar-refractivity contribution in [3.8, 4) is 0 Å². The predicted molar refractivity (Wildman–Crippen MR) is 60.3 cm³/mol. The van der Waals surface area contributed by atoms with Gasteiger partial charge < -0.3 is 5.11 Å². The number of carbonyl (C=O) groups is 1. The van der Waals surface area contributed by atoms with Gasteiger partial charge in [0, 0.05) is 10.8 Å². The molecule has 1 atom stereocenters. The second kappa shape index (κ2) is 3.89. The highest BCUT2D eigenvalue weighted by atomic mass is 16.4. The molecule has 1 N–H and O–H groups in total. The van der Waals surface area contributed by atoms with E-state index in [1.54, 1.807) is 6.92 Å². The van der Waals surface area contributed by atoms with Crippen molar-refractivity contribution in [2.24, 2.45) is 0 Å². The number of carboxylic acid groups (broad SMARTS) is 1. The van der Waals surface area contributed by atoms with Crippen molar-refractivity contribution in [1.29, 1.82) is 0 Å². The van der Waals surface area contributed by atoms with E-state index in [2.05, 4.69) is 10.2 Å². The van der Waals surface area contributed by atoms with Crippen molar-refractivity contribution in [3.63, 3.8) is 0 Å². The minimum Gasteiger partial charge on any atom is -0.481 e. The number of aromatic nitrogens is 2. The third kappa shape index (κ3) is 1.62. The molecule has 1 aromatic heterocycles. The first-order chi connectivity index (χ1) is 7.61. The van der Waals surface area contributed by atoms with Crippen molar-refractivity contribution in [1.82, 2.24) is 10.2 Å². The van der Waals surface area contributed by atoms with Gasteiger partial charge in [0.2, 0.25) is 0 Å². The molecular weight excluding hydrogens is 204 g/mol. The Kier molecular flexibility index (Phi) is 2.56. The van der Waals surface area contributed by atoms with Gasteiger partial charge in [-0.3, -0.25) is 4.79 Å². The largest absolute Gasteiger partial charge is 0.481 e. The number of rotatable bonds is 2. The Balaban J connectivity index is 2.72. The highest BCUT2D eigenvalue weighted by molar-refractivity contribution is 5.90. The molecule has 1 aromatic carbocycles. The molecule has 0 aliphatic rings. The molecule has 2 aromatic rings. The molecule has 0 aliphatic heterocycles. The Bertz CT molecular complexity index is 552. The van der Waals surface area contributed by atoms with Gasteiger partial charge in [0.15, 0.2) is 0 Å². The minimum absolute atomic E-state index is 0.522. The van der Waals surface area contributed by atoms with E-state index in [1.165, 1.54) is 0 Å². The van der Waals surface area contributed by atoms with E-state index >= 15 is 0 Å². The van der Waals surface area contributed by atoms with E-state index in [0.29, 0.717) is 5.69 Å². The quantitative estimate of drug-likeness (QED) is 0.835. The number of carboxylic acids is 1. The minimum atomic E-state index is -0.886. The molecule has 0 spiro atoms. The lowest BCUT2D eigenvalue weighted by molar-refractivity contribution is -0.138. The lowest BCUT2D eigenvalue weighted by atomic mass is 10.0. The Hall–Kier alpha value is -1.97. The van der Waals surface area contributed by atoms with Crippen LogP contribution in [0.2, 0.25) is 0 Å². The van der Waals surface area contributed by atoms with Crippen LogP contribution in [0.4, 0.5) is 0 Å². The summed E-state index contributed by atoms with van der Waals surface area (Å²) in [5.41, 5.74) is 1.34. The molecule has 0 amide bonds. The molecule has 0 fully saturated rings. The number of hydrogen-bond donors (Lipinski definition) is 1. The smallest absolute Gasteiger partial charge is 0.312 e. The van der Waals surface area contributed by atoms with E-state index in [9.17, 15) is 4.79 Å². The van der Waals surface area contributed by atoms with Crippen LogP contribution in [0.3, 0.4) is 0 Å². The molecule has 4 nitrogen and oxygen atoms in total. The number of aryl methyl sites for hydroxylation is 1. The average molecular weight is 216 g/mol. The Labute approximate surface area is 92.9 Å². The van der Waals surface area contributed by atoms with Gasteiger partial charge in [-0.15, -0.1) is 0 Å². The topological polar surface area (TPSA) is 63.1 Å². The van der Waals surface area contributed by atoms with Crippen LogP contribution in [-0.4, -0.2) is 21.3 Å². The van der Waals surface area contributed by atoms with E-state index in [0.717, 1.165) is 16.5 Å². The molecular formula is C12H12N2O2. The molecule has 0 aliphatic carbocycles. The van der Waals surface area contributed by atoms with Gasteiger partial charge in [-0.2, -0.15) is 10.2 Å². The second-order valence-corrected chi connectivity index (χ2v) is 3.78. The summed E-state index contributed by atoms with van der Waals surface area (Å²) in [5.74, 6) is -1.53. The molecule has 2 rings (SSSR count). The molecule has 0 bridgehead atoms. The number of hydrogen-bond acceptors (Lipinski definition) is 3. The summed E-state index contributed by atoms with van der Waals surface area (Å²) >= 11 is 0. The number of benzene rings is 1. The van der Waals surface area contributed by atoms with Gasteiger partial charge in [-0.25, -0.2) is 0 Å². The number of aliphatic carboxylic acids is 1. The van der Waals surface area contributed by atoms with Crippen molar-refractivity contribution in [3.05, 3.63) is 35.7 Å². The average Bonchev–Trinajstić information content (AvgIpc) is 2.29. The van der Waals surface area contributed by atoms with Crippen LogP contribution in [0.5, 0.6) is 0 Å². The zero-order valence-corrected chi connectivity index (χ0v) is 9.14. The standard InChI is InChI=1S/C12H12N2O2/c1-7(12(15)16)11-10-6-4-3-5-9(10)8(2)13-14-11/h3-7H,1-2H3,(H,15,16). The van der Waals surface area contributed by atoms with Crippen LogP contribution in [0.15, 0.2) is 24.3 Å². The lowest BCUT2D eigenvalue weighted by Crippen LogP contribution is -2.11. The summed E-state index contributed by atoms with van der Waals surface area (Å²) in [4.78, 5) is 11.0. The van der Waals surface area contributed by atoms with Gasteiger partial charge in [-0.1, -0.05) is 24.3 Å². The highest BCUT2D eigenvalue weighted by Crippen LogP contribution is 2.24. The summed E-state index contributed by atoms with van der Waals surface area (Å²) in [6.45, 7) is 3.48. The van der Waals surface area contributed by atoms with Crippen molar-refractivity contribution in [2.45, 2.75) is 19.8 Å². The summed E-state index contributed by atoms with van der Waals surface area (Å²) in [6.07, 6.45) is 0. The molecule has 0 saturated heterocycles. The van der Waals surface area contributed by atoms with Crippen LogP contribution in [-0.2, 0) is 4.79 Å². The van der Waals surface area contributed by atoms with Crippen LogP contribution in [0.1, 0.15) is 24.2 Å². The van der Waals surface area contributed by atoms with Gasteiger partial charge in [-0.05, 0) is 13.8 Å². The van der Waals surface area contributed by atoms with Gasteiger partial charge >= 0.3 is 5.97 Å². The first kappa shape index (κ1) is 10.5. The third-order valence-electron chi connectivity index (χ3n) is 2.68. The van der Waals surface area contributed by atoms with Crippen molar-refractivity contribution >= 4 is 16.7 Å². The fraction of sp³-hybridized carbons (Fsp3) is 0.250. The zero-order valence-electron chi connectivity index (χ0n) is 9.14. The Morgan fingerprint density at radius 2 is 1.88 bits per heavy atom. The van der Waals surface area contributed by atoms with E-state index in [1.807, 2.05) is 31.2 Å². The van der Waals surface area contributed by atoms with Gasteiger partial charge in [0.1, 0.15) is 0 Å². The SMILES string of the molecule is Cc1nnc(C(C)C(=O)O)c2ccccc12. The third-order valence-corrected chi connectivity index (χ3v) is 2.68. The highest BCUT2D eigenvalue weighted by Gasteiger charge is 2.19. The zero-order chi connectivity index (χ0) is 11.7. The molecule has 1 heterocycles. The lowest BCUT2D eigenvalue weighted by Gasteiger charge is -2.09. The van der Waals surface area contributed by atoms with E-state index in [4.69, 9.17) is 5.11 Å². The molecule has 1 unspecified atom stereocenters. The van der Waals surface area contributed by atoms with Crippen LogP contribution in [0.25, 0.3) is 10.8 Å². The Morgan fingerprint density at radius 3 is 2.50 bits per heavy atom. The molecule has 4 heteroatoms. The maximum absolute atomic E-state index is 11.0. The number of nitrogens with zero attached hydrogens (tertiary/aromatic N) is 2. The first-order valence-electron chi connectivity index (χ1n) is 5.06. The fourth-order valence-electron chi connectivity index (χ4n) is 1.70. The summed E-state index contributed by atoms with van der Waals surface area (Å²) in [7, 11) is 0. The monoisotopic (exact) mass is 216 g/mol. The van der Waals surface area contributed by atoms with Crippen LogP contribution in [0, 0.1) is 6.92 Å². The second-order valence-electron chi connectivity index (χ2n) is 3.78. The Morgan fingerprint density at radius 1 is 1.25 bits per heavy atom. The molecule has 0 saturated carbocycles. The van der Waals surface area contributed by atoms with Gasteiger partial charge in [0.05, 0.1) is 17.3 Å². The first-order valence-corrected chi connectivity index (χ1v) is 5.06. The van der Waals surface area contributed by atoms with Crippen molar-refractivity contribution in [2.75, 3.05) is 0 Å². The van der Waals surface area contributed by atoms with Crippen molar-refractivity contribution < 1.29 is 9.90 Å². The van der Waals surface area contributed by atoms with E-state index < -0.39 is 11.9 Å². The summed E-state index contributed by atoms with van der Waals surface area (Å²) < 4.78 is 0. The maximum atomic E-state index is 11.0. The van der Waals surface area contributed by atoms with Crippen LogP contribution >= 0.6 is 0 Å². The van der Waals surface area contributed by atoms with Crippen LogP contribution < -0.4 is 0 Å². The molecule has 82 valence electrons. The summed E-state index contributed by atoms with van der Waals surface area (Å²) in [5, 5.41) is 18.8. The predicted octanol–water partition coefficient (Wildman–Crippen LogP) is 2.13. The maximum Gasteiger partial charge on any atom is 0.312 e.